The highest BCUT2D eigenvalue weighted by atomic mass is 35.5. The monoisotopic (exact) mass is 332 g/mol. The van der Waals surface area contributed by atoms with Crippen LogP contribution in [-0.2, 0) is 14.8 Å². The molecule has 1 aliphatic heterocycles. The molecule has 8 heteroatoms. The molecule has 1 aromatic carbocycles. The smallest absolute Gasteiger partial charge is 0.243 e. The van der Waals surface area contributed by atoms with Crippen LogP contribution < -0.4 is 5.32 Å². The largest absolute Gasteiger partial charge is 0.395 e. The first-order valence-electron chi connectivity index (χ1n) is 6.63. The lowest BCUT2D eigenvalue weighted by Gasteiger charge is -2.23. The van der Waals surface area contributed by atoms with Crippen LogP contribution >= 0.6 is 11.6 Å². The van der Waals surface area contributed by atoms with Crippen LogP contribution in [0.3, 0.4) is 0 Å². The molecule has 1 aromatic rings. The van der Waals surface area contributed by atoms with Crippen LogP contribution in [0, 0.1) is 0 Å². The predicted octanol–water partition coefficient (Wildman–Crippen LogP) is 0.602. The number of rotatable bonds is 5. The van der Waals surface area contributed by atoms with Crippen LogP contribution in [0.1, 0.15) is 12.8 Å². The summed E-state index contributed by atoms with van der Waals surface area (Å²) in [6.45, 7) is 0.245. The van der Waals surface area contributed by atoms with Crippen molar-refractivity contribution >= 4 is 27.5 Å². The van der Waals surface area contributed by atoms with Gasteiger partial charge >= 0.3 is 0 Å². The molecule has 2 rings (SSSR count). The highest BCUT2D eigenvalue weighted by Gasteiger charge is 2.39. The van der Waals surface area contributed by atoms with Crippen molar-refractivity contribution in [1.82, 2.24) is 9.62 Å². The summed E-state index contributed by atoms with van der Waals surface area (Å²) in [5.74, 6) is -0.376. The molecule has 1 atom stereocenters. The number of nitrogens with one attached hydrogen (secondary N) is 1. The van der Waals surface area contributed by atoms with Gasteiger partial charge in [0.2, 0.25) is 15.9 Å². The van der Waals surface area contributed by atoms with Gasteiger partial charge in [-0.2, -0.15) is 4.31 Å². The van der Waals surface area contributed by atoms with E-state index in [2.05, 4.69) is 5.32 Å². The first kappa shape index (κ1) is 16.2. The fourth-order valence-corrected chi connectivity index (χ4v) is 4.11. The molecule has 116 valence electrons. The van der Waals surface area contributed by atoms with Gasteiger partial charge in [0.25, 0.3) is 0 Å². The maximum atomic E-state index is 12.6. The Morgan fingerprint density at radius 3 is 2.67 bits per heavy atom. The molecule has 0 radical (unpaired) electrons. The van der Waals surface area contributed by atoms with Crippen LogP contribution in [0.5, 0.6) is 0 Å². The van der Waals surface area contributed by atoms with Gasteiger partial charge in [-0.25, -0.2) is 8.42 Å². The first-order chi connectivity index (χ1) is 9.96. The number of hydrogen-bond acceptors (Lipinski definition) is 4. The second-order valence-corrected chi connectivity index (χ2v) is 7.07. The standard InChI is InChI=1S/C13H17ClN2O4S/c14-10-3-5-11(6-4-10)21(19,20)16-8-1-2-12(16)13(18)15-7-9-17/h3-6,12,17H,1-2,7-9H2,(H,15,18)/t12-/m0/s1. The third-order valence-electron chi connectivity index (χ3n) is 3.34. The molecule has 1 saturated heterocycles. The minimum absolute atomic E-state index is 0.115. The molecule has 0 spiro atoms. The third-order valence-corrected chi connectivity index (χ3v) is 5.51. The number of nitrogens with zero attached hydrogens (tertiary/aromatic N) is 1. The zero-order valence-corrected chi connectivity index (χ0v) is 12.9. The van der Waals surface area contributed by atoms with Gasteiger partial charge in [0.15, 0.2) is 0 Å². The average Bonchev–Trinajstić information content (AvgIpc) is 2.95. The summed E-state index contributed by atoms with van der Waals surface area (Å²) in [6.07, 6.45) is 1.11. The van der Waals surface area contributed by atoms with E-state index in [-0.39, 0.29) is 24.0 Å². The molecular formula is C13H17ClN2O4S. The number of aliphatic hydroxyl groups is 1. The normalized spacial score (nSPS) is 19.6. The van der Waals surface area contributed by atoms with Gasteiger partial charge < -0.3 is 10.4 Å². The van der Waals surface area contributed by atoms with Crippen molar-refractivity contribution in [3.63, 3.8) is 0 Å². The van der Waals surface area contributed by atoms with Gasteiger partial charge in [0, 0.05) is 18.1 Å². The third kappa shape index (κ3) is 3.55. The van der Waals surface area contributed by atoms with Gasteiger partial charge in [0.1, 0.15) is 6.04 Å². The highest BCUT2D eigenvalue weighted by Crippen LogP contribution is 2.26. The maximum Gasteiger partial charge on any atom is 0.243 e. The van der Waals surface area contributed by atoms with Crippen molar-refractivity contribution in [2.75, 3.05) is 19.7 Å². The molecular weight excluding hydrogens is 316 g/mol. The number of aliphatic hydroxyl groups excluding tert-OH is 1. The van der Waals surface area contributed by atoms with E-state index in [1.807, 2.05) is 0 Å². The first-order valence-corrected chi connectivity index (χ1v) is 8.44. The lowest BCUT2D eigenvalue weighted by molar-refractivity contribution is -0.124. The summed E-state index contributed by atoms with van der Waals surface area (Å²) in [7, 11) is -3.72. The summed E-state index contributed by atoms with van der Waals surface area (Å²) < 4.78 is 26.4. The molecule has 6 nitrogen and oxygen atoms in total. The Morgan fingerprint density at radius 2 is 2.05 bits per heavy atom. The Kier molecular flexibility index (Phi) is 5.21. The van der Waals surface area contributed by atoms with Crippen molar-refractivity contribution in [2.45, 2.75) is 23.8 Å². The summed E-state index contributed by atoms with van der Waals surface area (Å²) in [6, 6.07) is 5.14. The Hall–Kier alpha value is -1.15. The van der Waals surface area contributed by atoms with E-state index < -0.39 is 16.1 Å². The molecule has 1 heterocycles. The number of sulfonamides is 1. The molecule has 0 saturated carbocycles. The minimum atomic E-state index is -3.72. The second kappa shape index (κ2) is 6.74. The van der Waals surface area contributed by atoms with Gasteiger partial charge in [-0.05, 0) is 37.1 Å². The van der Waals surface area contributed by atoms with Gasteiger partial charge in [-0.1, -0.05) is 11.6 Å². The van der Waals surface area contributed by atoms with Crippen molar-refractivity contribution in [3.05, 3.63) is 29.3 Å². The van der Waals surface area contributed by atoms with E-state index in [4.69, 9.17) is 16.7 Å². The second-order valence-electron chi connectivity index (χ2n) is 4.74. The molecule has 0 bridgehead atoms. The lowest BCUT2D eigenvalue weighted by atomic mass is 10.2. The van der Waals surface area contributed by atoms with Crippen molar-refractivity contribution in [3.8, 4) is 0 Å². The summed E-state index contributed by atoms with van der Waals surface area (Å²) in [5, 5.41) is 11.7. The quantitative estimate of drug-likeness (QED) is 0.826. The summed E-state index contributed by atoms with van der Waals surface area (Å²) >= 11 is 5.76. The Balaban J connectivity index is 2.22. The van der Waals surface area contributed by atoms with Crippen LogP contribution in [0.2, 0.25) is 5.02 Å². The molecule has 21 heavy (non-hydrogen) atoms. The zero-order valence-electron chi connectivity index (χ0n) is 11.3. The number of hydrogen-bond donors (Lipinski definition) is 2. The summed E-state index contributed by atoms with van der Waals surface area (Å²) in [5.41, 5.74) is 0. The van der Waals surface area contributed by atoms with Crippen LogP contribution in [0.4, 0.5) is 0 Å². The molecule has 0 aromatic heterocycles. The van der Waals surface area contributed by atoms with Crippen molar-refractivity contribution in [1.29, 1.82) is 0 Å². The lowest BCUT2D eigenvalue weighted by Crippen LogP contribution is -2.46. The fraction of sp³-hybridized carbons (Fsp3) is 0.462. The van der Waals surface area contributed by atoms with E-state index in [0.29, 0.717) is 24.4 Å². The van der Waals surface area contributed by atoms with E-state index >= 15 is 0 Å². The van der Waals surface area contributed by atoms with E-state index in [0.717, 1.165) is 0 Å². The Labute approximate surface area is 128 Å². The number of carbonyl (C=O) groups excluding carboxylic acids is 1. The number of halogens is 1. The van der Waals surface area contributed by atoms with Crippen LogP contribution in [-0.4, -0.2) is 49.5 Å². The van der Waals surface area contributed by atoms with Crippen LogP contribution in [0.25, 0.3) is 0 Å². The molecule has 1 fully saturated rings. The zero-order chi connectivity index (χ0) is 15.5. The van der Waals surface area contributed by atoms with Crippen molar-refractivity contribution < 1.29 is 18.3 Å². The maximum absolute atomic E-state index is 12.6. The van der Waals surface area contributed by atoms with E-state index in [9.17, 15) is 13.2 Å². The van der Waals surface area contributed by atoms with Gasteiger partial charge in [-0.3, -0.25) is 4.79 Å². The topological polar surface area (TPSA) is 86.7 Å². The molecule has 2 N–H and O–H groups in total. The highest BCUT2D eigenvalue weighted by molar-refractivity contribution is 7.89. The predicted molar refractivity (Wildman–Crippen MR) is 78.5 cm³/mol. The number of amides is 1. The van der Waals surface area contributed by atoms with E-state index in [1.165, 1.54) is 28.6 Å². The molecule has 0 aliphatic carbocycles. The SMILES string of the molecule is O=C(NCCO)[C@@H]1CCCN1S(=O)(=O)c1ccc(Cl)cc1. The molecule has 1 aliphatic rings. The van der Waals surface area contributed by atoms with Crippen LogP contribution in [0.15, 0.2) is 29.2 Å². The number of carbonyl (C=O) groups is 1. The van der Waals surface area contributed by atoms with Crippen molar-refractivity contribution in [2.24, 2.45) is 0 Å². The van der Waals surface area contributed by atoms with Gasteiger partial charge in [-0.15, -0.1) is 0 Å². The van der Waals surface area contributed by atoms with Gasteiger partial charge in [0.05, 0.1) is 11.5 Å². The van der Waals surface area contributed by atoms with E-state index in [1.54, 1.807) is 0 Å². The molecule has 1 amide bonds. The Bertz CT molecular complexity index is 603. The average molecular weight is 333 g/mol. The minimum Gasteiger partial charge on any atom is -0.395 e. The Morgan fingerprint density at radius 1 is 1.38 bits per heavy atom. The fourth-order valence-electron chi connectivity index (χ4n) is 2.33. The summed E-state index contributed by atoms with van der Waals surface area (Å²) in [4.78, 5) is 12.1. The number of benzene rings is 1. The molecule has 0 unspecified atom stereocenters.